The average molecular weight is 305 g/mol. The van der Waals surface area contributed by atoms with E-state index >= 15 is 0 Å². The van der Waals surface area contributed by atoms with Gasteiger partial charge in [0, 0.05) is 6.04 Å². The van der Waals surface area contributed by atoms with Gasteiger partial charge >= 0.3 is 7.75 Å². The second-order valence-corrected chi connectivity index (χ2v) is 6.80. The predicted octanol–water partition coefficient (Wildman–Crippen LogP) is 3.73. The van der Waals surface area contributed by atoms with Gasteiger partial charge in [-0.3, -0.25) is 0 Å². The van der Waals surface area contributed by atoms with Crippen LogP contribution in [0.4, 0.5) is 0 Å². The Labute approximate surface area is 125 Å². The van der Waals surface area contributed by atoms with Crippen LogP contribution in [0.5, 0.6) is 5.75 Å². The van der Waals surface area contributed by atoms with Gasteiger partial charge in [-0.1, -0.05) is 48.5 Å². The Balaban J connectivity index is 2.03. The first-order valence-electron chi connectivity index (χ1n) is 6.84. The minimum Gasteiger partial charge on any atom is -0.413 e. The third-order valence-corrected chi connectivity index (χ3v) is 5.02. The molecule has 1 N–H and O–H groups in total. The van der Waals surface area contributed by atoms with Gasteiger partial charge in [0.2, 0.25) is 0 Å². The summed E-state index contributed by atoms with van der Waals surface area (Å²) in [6.07, 6.45) is 0.681. The van der Waals surface area contributed by atoms with E-state index in [1.165, 1.54) is 4.67 Å². The lowest BCUT2D eigenvalue weighted by atomic mass is 10.1. The molecule has 0 spiro atoms. The van der Waals surface area contributed by atoms with Crippen LogP contribution in [-0.2, 0) is 11.0 Å². The summed E-state index contributed by atoms with van der Waals surface area (Å²) in [5.74, 6) is 0.391. The van der Waals surface area contributed by atoms with Crippen molar-refractivity contribution in [1.29, 1.82) is 0 Å². The van der Waals surface area contributed by atoms with Crippen molar-refractivity contribution < 1.29 is 14.0 Å². The van der Waals surface area contributed by atoms with E-state index < -0.39 is 7.75 Å². The molecule has 4 nitrogen and oxygen atoms in total. The molecule has 0 bridgehead atoms. The van der Waals surface area contributed by atoms with E-state index in [1.54, 1.807) is 31.3 Å². The Morgan fingerprint density at radius 3 is 2.19 bits per heavy atom. The van der Waals surface area contributed by atoms with Gasteiger partial charge in [-0.15, -0.1) is 0 Å². The summed E-state index contributed by atoms with van der Waals surface area (Å²) >= 11 is 0. The van der Waals surface area contributed by atoms with Crippen LogP contribution in [0.25, 0.3) is 0 Å². The quantitative estimate of drug-likeness (QED) is 0.826. The van der Waals surface area contributed by atoms with E-state index in [0.717, 1.165) is 5.56 Å². The fourth-order valence-corrected chi connectivity index (χ4v) is 3.12. The molecule has 5 heteroatoms. The Bertz CT molecular complexity index is 603. The summed E-state index contributed by atoms with van der Waals surface area (Å²) in [6, 6.07) is 18.5. The fourth-order valence-electron chi connectivity index (χ4n) is 2.02. The third-order valence-electron chi connectivity index (χ3n) is 3.38. The maximum absolute atomic E-state index is 12.4. The lowest BCUT2D eigenvalue weighted by Crippen LogP contribution is -2.29. The van der Waals surface area contributed by atoms with E-state index in [1.807, 2.05) is 43.3 Å². The minimum absolute atomic E-state index is 0.119. The van der Waals surface area contributed by atoms with Gasteiger partial charge in [0.1, 0.15) is 5.75 Å². The normalized spacial score (nSPS) is 15.4. The van der Waals surface area contributed by atoms with Gasteiger partial charge in [-0.25, -0.2) is 4.57 Å². The first-order chi connectivity index (χ1) is 9.99. The maximum atomic E-state index is 12.4. The van der Waals surface area contributed by atoms with Crippen LogP contribution < -0.4 is 4.52 Å². The van der Waals surface area contributed by atoms with Crippen LogP contribution in [0.15, 0.2) is 60.7 Å². The zero-order chi connectivity index (χ0) is 15.3. The average Bonchev–Trinajstić information content (AvgIpc) is 2.48. The highest BCUT2D eigenvalue weighted by molar-refractivity contribution is 7.50. The number of para-hydroxylation sites is 1. The van der Waals surface area contributed by atoms with Crippen LogP contribution in [-0.4, -0.2) is 22.7 Å². The van der Waals surface area contributed by atoms with E-state index in [0.29, 0.717) is 12.2 Å². The van der Waals surface area contributed by atoms with Gasteiger partial charge in [0.05, 0.1) is 0 Å². The smallest absolute Gasteiger partial charge is 0.413 e. The first kappa shape index (κ1) is 15.8. The van der Waals surface area contributed by atoms with Crippen LogP contribution >= 0.6 is 7.75 Å². The Morgan fingerprint density at radius 2 is 1.62 bits per heavy atom. The second kappa shape index (κ2) is 6.90. The molecule has 0 amide bonds. The molecule has 2 aromatic carbocycles. The standard InChI is InChI=1S/C16H20NO3P/c1-14(13-15-9-5-3-6-10-15)17(2)21(18,19)20-16-11-7-4-8-12-16/h3-12,14H,13H2,1-2H3,(H,18,19). The largest absolute Gasteiger partial charge is 0.458 e. The van der Waals surface area contributed by atoms with Gasteiger partial charge in [-0.05, 0) is 38.1 Å². The van der Waals surface area contributed by atoms with Crippen LogP contribution in [0.1, 0.15) is 12.5 Å². The Morgan fingerprint density at radius 1 is 1.10 bits per heavy atom. The van der Waals surface area contributed by atoms with E-state index in [-0.39, 0.29) is 6.04 Å². The molecule has 0 aliphatic rings. The monoisotopic (exact) mass is 305 g/mol. The summed E-state index contributed by atoms with van der Waals surface area (Å²) < 4.78 is 19.0. The molecule has 0 radical (unpaired) electrons. The highest BCUT2D eigenvalue weighted by atomic mass is 31.2. The molecule has 2 unspecified atom stereocenters. The molecule has 0 fully saturated rings. The van der Waals surface area contributed by atoms with E-state index in [9.17, 15) is 9.46 Å². The molecule has 112 valence electrons. The number of rotatable bonds is 6. The van der Waals surface area contributed by atoms with E-state index in [4.69, 9.17) is 4.52 Å². The van der Waals surface area contributed by atoms with Gasteiger partial charge in [-0.2, -0.15) is 4.67 Å². The molecular weight excluding hydrogens is 285 g/mol. The van der Waals surface area contributed by atoms with Crippen LogP contribution in [0.2, 0.25) is 0 Å². The molecule has 2 rings (SSSR count). The summed E-state index contributed by atoms with van der Waals surface area (Å²) in [5.41, 5.74) is 1.12. The Hall–Kier alpha value is -1.61. The van der Waals surface area contributed by atoms with Gasteiger partial charge in [0.15, 0.2) is 0 Å². The number of likely N-dealkylation sites (N-methyl/N-ethyl adjacent to an activating group) is 1. The molecule has 2 aromatic rings. The molecule has 0 aromatic heterocycles. The molecule has 0 saturated carbocycles. The lowest BCUT2D eigenvalue weighted by molar-refractivity contribution is 0.267. The number of hydrogen-bond donors (Lipinski definition) is 1. The van der Waals surface area contributed by atoms with Crippen molar-refractivity contribution in [3.05, 3.63) is 66.2 Å². The molecule has 2 atom stereocenters. The van der Waals surface area contributed by atoms with Crippen molar-refractivity contribution in [2.24, 2.45) is 0 Å². The lowest BCUT2D eigenvalue weighted by Gasteiger charge is -2.28. The molecule has 0 heterocycles. The van der Waals surface area contributed by atoms with Crippen LogP contribution in [0, 0.1) is 0 Å². The second-order valence-electron chi connectivity index (χ2n) is 5.01. The Kier molecular flexibility index (Phi) is 5.18. The predicted molar refractivity (Wildman–Crippen MR) is 84.3 cm³/mol. The molecule has 0 aliphatic carbocycles. The van der Waals surface area contributed by atoms with Crippen molar-refractivity contribution in [2.75, 3.05) is 7.05 Å². The van der Waals surface area contributed by atoms with Gasteiger partial charge in [0.25, 0.3) is 0 Å². The minimum atomic E-state index is -3.87. The first-order valence-corrected chi connectivity index (χ1v) is 8.37. The number of hydrogen-bond acceptors (Lipinski definition) is 2. The molecule has 21 heavy (non-hydrogen) atoms. The summed E-state index contributed by atoms with van der Waals surface area (Å²) in [5, 5.41) is 0. The summed E-state index contributed by atoms with van der Waals surface area (Å²) in [7, 11) is -2.26. The number of benzene rings is 2. The fraction of sp³-hybridized carbons (Fsp3) is 0.250. The van der Waals surface area contributed by atoms with Crippen molar-refractivity contribution in [1.82, 2.24) is 4.67 Å². The molecular formula is C16H20NO3P. The summed E-state index contributed by atoms with van der Waals surface area (Å²) in [6.45, 7) is 1.91. The molecule has 0 saturated heterocycles. The third kappa shape index (κ3) is 4.43. The summed E-state index contributed by atoms with van der Waals surface area (Å²) in [4.78, 5) is 10.1. The van der Waals surface area contributed by atoms with Crippen LogP contribution in [0.3, 0.4) is 0 Å². The van der Waals surface area contributed by atoms with Crippen molar-refractivity contribution in [2.45, 2.75) is 19.4 Å². The topological polar surface area (TPSA) is 49.8 Å². The van der Waals surface area contributed by atoms with Crippen molar-refractivity contribution >= 4 is 7.75 Å². The highest BCUT2D eigenvalue weighted by Crippen LogP contribution is 2.46. The molecule has 0 aliphatic heterocycles. The SMILES string of the molecule is CC(Cc1ccccc1)N(C)P(=O)(O)Oc1ccccc1. The number of nitrogens with zero attached hydrogens (tertiary/aromatic N) is 1. The van der Waals surface area contributed by atoms with E-state index in [2.05, 4.69) is 0 Å². The van der Waals surface area contributed by atoms with Crippen molar-refractivity contribution in [3.63, 3.8) is 0 Å². The maximum Gasteiger partial charge on any atom is 0.458 e. The van der Waals surface area contributed by atoms with Gasteiger partial charge < -0.3 is 9.42 Å². The zero-order valence-corrected chi connectivity index (χ0v) is 13.1. The zero-order valence-electron chi connectivity index (χ0n) is 12.2. The highest BCUT2D eigenvalue weighted by Gasteiger charge is 2.31. The van der Waals surface area contributed by atoms with Crippen molar-refractivity contribution in [3.8, 4) is 5.75 Å².